The average Bonchev–Trinajstić information content (AvgIpc) is 2.87. The number of hydrogen-bond donors (Lipinski definition) is 1. The first-order valence-electron chi connectivity index (χ1n) is 10.8. The van der Waals surface area contributed by atoms with E-state index in [9.17, 15) is 4.79 Å². The Balaban J connectivity index is 1.16. The van der Waals surface area contributed by atoms with E-state index in [0.29, 0.717) is 18.2 Å². The van der Waals surface area contributed by atoms with Crippen LogP contribution in [0.2, 0.25) is 0 Å². The first kappa shape index (κ1) is 22.0. The lowest BCUT2D eigenvalue weighted by Crippen LogP contribution is -2.32. The molecule has 0 saturated heterocycles. The fraction of sp³-hybridized carbons (Fsp3) is 0.148. The fourth-order valence-electron chi connectivity index (χ4n) is 3.20. The van der Waals surface area contributed by atoms with Crippen molar-refractivity contribution in [3.8, 4) is 34.0 Å². The van der Waals surface area contributed by atoms with Gasteiger partial charge in [0.15, 0.2) is 6.61 Å². The van der Waals surface area contributed by atoms with E-state index in [1.165, 1.54) is 5.56 Å². The average molecular weight is 440 g/mol. The monoisotopic (exact) mass is 439 g/mol. The summed E-state index contributed by atoms with van der Waals surface area (Å²) in [6.45, 7) is 2.61. The second-order valence-electron chi connectivity index (χ2n) is 7.50. The summed E-state index contributed by atoms with van der Waals surface area (Å²) in [5.41, 5.74) is 5.21. The molecule has 1 heterocycles. The molecule has 0 aliphatic carbocycles. The molecule has 0 unspecified atom stereocenters. The Morgan fingerprint density at radius 3 is 2.15 bits per heavy atom. The summed E-state index contributed by atoms with van der Waals surface area (Å²) >= 11 is 0. The number of hydrogen-bond acceptors (Lipinski definition) is 5. The summed E-state index contributed by atoms with van der Waals surface area (Å²) in [6.07, 6.45) is 0. The van der Waals surface area contributed by atoms with Crippen molar-refractivity contribution in [2.75, 3.05) is 19.8 Å². The zero-order valence-corrected chi connectivity index (χ0v) is 18.4. The maximum Gasteiger partial charge on any atom is 0.258 e. The largest absolute Gasteiger partial charge is 0.484 e. The number of ether oxygens (including phenoxy) is 2. The van der Waals surface area contributed by atoms with Crippen LogP contribution in [0.4, 0.5) is 0 Å². The van der Waals surface area contributed by atoms with Crippen molar-refractivity contribution in [2.24, 2.45) is 0 Å². The molecule has 1 N–H and O–H groups in total. The number of nitrogens with one attached hydrogen (secondary N) is 1. The zero-order valence-electron chi connectivity index (χ0n) is 18.4. The van der Waals surface area contributed by atoms with E-state index < -0.39 is 0 Å². The summed E-state index contributed by atoms with van der Waals surface area (Å²) in [5.74, 6) is 0.839. The SMILES string of the molecule is Cc1ccc(-c2ccc(OCCNC(=O)COc3ccc(-c4ccccc4)cc3)nn2)cc1. The molecule has 6 heteroatoms. The van der Waals surface area contributed by atoms with Gasteiger partial charge in [0.25, 0.3) is 5.91 Å². The van der Waals surface area contributed by atoms with E-state index >= 15 is 0 Å². The van der Waals surface area contributed by atoms with Crippen LogP contribution in [-0.4, -0.2) is 35.9 Å². The van der Waals surface area contributed by atoms with E-state index in [2.05, 4.69) is 27.6 Å². The molecule has 3 aromatic carbocycles. The predicted octanol–water partition coefficient (Wildman–Crippen LogP) is 4.69. The molecule has 0 fully saturated rings. The number of carbonyl (C=O) groups is 1. The molecule has 0 spiro atoms. The minimum atomic E-state index is -0.216. The Morgan fingerprint density at radius 1 is 0.758 bits per heavy atom. The van der Waals surface area contributed by atoms with Crippen LogP contribution in [0, 0.1) is 6.92 Å². The smallest absolute Gasteiger partial charge is 0.258 e. The van der Waals surface area contributed by atoms with Crippen LogP contribution in [-0.2, 0) is 4.79 Å². The molecule has 0 bridgehead atoms. The maximum atomic E-state index is 12.0. The third kappa shape index (κ3) is 6.40. The Labute approximate surface area is 193 Å². The molecule has 0 aliphatic rings. The van der Waals surface area contributed by atoms with Crippen LogP contribution in [0.25, 0.3) is 22.4 Å². The molecule has 0 radical (unpaired) electrons. The molecule has 0 saturated carbocycles. The highest BCUT2D eigenvalue weighted by atomic mass is 16.5. The van der Waals surface area contributed by atoms with Gasteiger partial charge >= 0.3 is 0 Å². The second-order valence-corrected chi connectivity index (χ2v) is 7.50. The van der Waals surface area contributed by atoms with E-state index in [0.717, 1.165) is 22.4 Å². The number of nitrogens with zero attached hydrogens (tertiary/aromatic N) is 2. The number of aromatic nitrogens is 2. The third-order valence-electron chi connectivity index (χ3n) is 4.99. The lowest BCUT2D eigenvalue weighted by atomic mass is 10.1. The van der Waals surface area contributed by atoms with E-state index in [1.54, 1.807) is 6.07 Å². The second kappa shape index (κ2) is 10.9. The molecule has 0 atom stereocenters. The standard InChI is InChI=1S/C27H25N3O3/c1-20-7-9-23(10-8-20)25-15-16-27(30-29-25)32-18-17-28-26(31)19-33-24-13-11-22(12-14-24)21-5-3-2-4-6-21/h2-16H,17-19H2,1H3,(H,28,31). The van der Waals surface area contributed by atoms with Crippen LogP contribution < -0.4 is 14.8 Å². The number of benzene rings is 3. The van der Waals surface area contributed by atoms with Gasteiger partial charge in [0, 0.05) is 11.6 Å². The van der Waals surface area contributed by atoms with Gasteiger partial charge in [-0.15, -0.1) is 10.2 Å². The van der Waals surface area contributed by atoms with Gasteiger partial charge in [-0.1, -0.05) is 72.3 Å². The molecule has 6 nitrogen and oxygen atoms in total. The first-order chi connectivity index (χ1) is 16.2. The van der Waals surface area contributed by atoms with Gasteiger partial charge in [-0.25, -0.2) is 0 Å². The predicted molar refractivity (Wildman–Crippen MR) is 128 cm³/mol. The fourth-order valence-corrected chi connectivity index (χ4v) is 3.20. The van der Waals surface area contributed by atoms with Crippen molar-refractivity contribution < 1.29 is 14.3 Å². The number of rotatable bonds is 9. The molecule has 166 valence electrons. The van der Waals surface area contributed by atoms with E-state index in [1.807, 2.05) is 79.7 Å². The minimum Gasteiger partial charge on any atom is -0.484 e. The molecular formula is C27H25N3O3. The van der Waals surface area contributed by atoms with E-state index in [-0.39, 0.29) is 19.1 Å². The Kier molecular flexibility index (Phi) is 7.28. The molecule has 4 aromatic rings. The number of aryl methyl sites for hydroxylation is 1. The Bertz CT molecular complexity index is 1160. The summed E-state index contributed by atoms with van der Waals surface area (Å²) in [6, 6.07) is 29.5. The normalized spacial score (nSPS) is 10.5. The molecule has 33 heavy (non-hydrogen) atoms. The van der Waals surface area contributed by atoms with Crippen molar-refractivity contribution >= 4 is 5.91 Å². The summed E-state index contributed by atoms with van der Waals surface area (Å²) in [5, 5.41) is 11.1. The Morgan fingerprint density at radius 2 is 1.45 bits per heavy atom. The quantitative estimate of drug-likeness (QED) is 0.383. The van der Waals surface area contributed by atoms with Crippen molar-refractivity contribution in [2.45, 2.75) is 6.92 Å². The zero-order chi connectivity index (χ0) is 22.9. The van der Waals surface area contributed by atoms with Crippen LogP contribution in [0.5, 0.6) is 11.6 Å². The van der Waals surface area contributed by atoms with Crippen molar-refractivity contribution in [3.05, 3.63) is 96.6 Å². The molecule has 1 amide bonds. The van der Waals surface area contributed by atoms with Crippen LogP contribution in [0.1, 0.15) is 5.56 Å². The van der Waals surface area contributed by atoms with Crippen LogP contribution in [0.15, 0.2) is 91.0 Å². The highest BCUT2D eigenvalue weighted by Gasteiger charge is 2.05. The van der Waals surface area contributed by atoms with Crippen LogP contribution >= 0.6 is 0 Å². The first-order valence-corrected chi connectivity index (χ1v) is 10.8. The highest BCUT2D eigenvalue weighted by Crippen LogP contribution is 2.22. The highest BCUT2D eigenvalue weighted by molar-refractivity contribution is 5.77. The summed E-state index contributed by atoms with van der Waals surface area (Å²) < 4.78 is 11.1. The van der Waals surface area contributed by atoms with Gasteiger partial charge in [0.1, 0.15) is 12.4 Å². The molecule has 4 rings (SSSR count). The van der Waals surface area contributed by atoms with Crippen molar-refractivity contribution in [3.63, 3.8) is 0 Å². The van der Waals surface area contributed by atoms with Crippen molar-refractivity contribution in [1.82, 2.24) is 15.5 Å². The molecular weight excluding hydrogens is 414 g/mol. The third-order valence-corrected chi connectivity index (χ3v) is 4.99. The van der Waals surface area contributed by atoms with Crippen molar-refractivity contribution in [1.29, 1.82) is 0 Å². The number of amides is 1. The topological polar surface area (TPSA) is 73.3 Å². The Hall–Kier alpha value is -4.19. The maximum absolute atomic E-state index is 12.0. The lowest BCUT2D eigenvalue weighted by molar-refractivity contribution is -0.123. The summed E-state index contributed by atoms with van der Waals surface area (Å²) in [7, 11) is 0. The van der Waals surface area contributed by atoms with Gasteiger partial charge < -0.3 is 14.8 Å². The van der Waals surface area contributed by atoms with Crippen LogP contribution in [0.3, 0.4) is 0 Å². The van der Waals surface area contributed by atoms with Gasteiger partial charge in [0.2, 0.25) is 5.88 Å². The summed E-state index contributed by atoms with van der Waals surface area (Å²) in [4.78, 5) is 12.0. The minimum absolute atomic E-state index is 0.0598. The van der Waals surface area contributed by atoms with Gasteiger partial charge in [0.05, 0.1) is 12.2 Å². The van der Waals surface area contributed by atoms with Gasteiger partial charge in [-0.05, 0) is 36.2 Å². The molecule has 0 aliphatic heterocycles. The van der Waals surface area contributed by atoms with E-state index in [4.69, 9.17) is 9.47 Å². The van der Waals surface area contributed by atoms with Gasteiger partial charge in [-0.2, -0.15) is 0 Å². The lowest BCUT2D eigenvalue weighted by Gasteiger charge is -2.09. The van der Waals surface area contributed by atoms with Gasteiger partial charge in [-0.3, -0.25) is 4.79 Å². The molecule has 1 aromatic heterocycles. The number of carbonyl (C=O) groups excluding carboxylic acids is 1.